The van der Waals surface area contributed by atoms with Crippen molar-refractivity contribution in [2.75, 3.05) is 0 Å². The fourth-order valence-electron chi connectivity index (χ4n) is 2.37. The molecule has 0 aliphatic heterocycles. The number of ether oxygens (including phenoxy) is 1. The first-order chi connectivity index (χ1) is 11.5. The van der Waals surface area contributed by atoms with E-state index in [0.29, 0.717) is 27.1 Å². The monoisotopic (exact) mass is 379 g/mol. The van der Waals surface area contributed by atoms with Gasteiger partial charge in [0.15, 0.2) is 16.7 Å². The lowest BCUT2D eigenvalue weighted by atomic mass is 10.2. The molecule has 2 aromatic carbocycles. The van der Waals surface area contributed by atoms with Gasteiger partial charge in [0, 0.05) is 6.07 Å². The molecule has 3 rings (SSSR count). The molecule has 0 aliphatic rings. The number of nitrogens with one attached hydrogen (secondary N) is 1. The summed E-state index contributed by atoms with van der Waals surface area (Å²) in [6, 6.07) is 15.2. The van der Waals surface area contributed by atoms with Gasteiger partial charge in [0.1, 0.15) is 5.75 Å². The normalized spacial score (nSPS) is 12.1. The van der Waals surface area contributed by atoms with Crippen LogP contribution in [-0.4, -0.2) is 14.8 Å². The zero-order valence-corrected chi connectivity index (χ0v) is 15.2. The summed E-state index contributed by atoms with van der Waals surface area (Å²) in [5.74, 6) is 1.34. The van der Waals surface area contributed by atoms with Gasteiger partial charge in [0.2, 0.25) is 0 Å². The molecule has 124 valence electrons. The van der Waals surface area contributed by atoms with E-state index in [2.05, 4.69) is 10.2 Å². The maximum atomic E-state index is 6.03. The van der Waals surface area contributed by atoms with Crippen LogP contribution in [0.2, 0.25) is 10.0 Å². The molecule has 1 heterocycles. The first kappa shape index (κ1) is 17.0. The van der Waals surface area contributed by atoms with E-state index in [4.69, 9.17) is 40.2 Å². The average molecular weight is 380 g/mol. The first-order valence-corrected chi connectivity index (χ1v) is 8.52. The summed E-state index contributed by atoms with van der Waals surface area (Å²) in [5.41, 5.74) is 1.14. The number of H-pyrrole nitrogens is 1. The van der Waals surface area contributed by atoms with Gasteiger partial charge in [-0.15, -0.1) is 0 Å². The number of hydrogen-bond acceptors (Lipinski definition) is 3. The van der Waals surface area contributed by atoms with Crippen molar-refractivity contribution >= 4 is 35.4 Å². The van der Waals surface area contributed by atoms with Crippen LogP contribution in [0.25, 0.3) is 0 Å². The Morgan fingerprint density at radius 3 is 2.62 bits per heavy atom. The first-order valence-electron chi connectivity index (χ1n) is 7.35. The van der Waals surface area contributed by atoms with Gasteiger partial charge in [0.25, 0.3) is 0 Å². The predicted octanol–water partition coefficient (Wildman–Crippen LogP) is 5.44. The van der Waals surface area contributed by atoms with E-state index in [0.717, 1.165) is 11.4 Å². The highest BCUT2D eigenvalue weighted by Crippen LogP contribution is 2.29. The lowest BCUT2D eigenvalue weighted by molar-refractivity contribution is 0.211. The van der Waals surface area contributed by atoms with Gasteiger partial charge < -0.3 is 4.74 Å². The van der Waals surface area contributed by atoms with Gasteiger partial charge in [0.05, 0.1) is 16.6 Å². The van der Waals surface area contributed by atoms with Crippen molar-refractivity contribution in [3.8, 4) is 5.75 Å². The maximum Gasteiger partial charge on any atom is 0.195 e. The molecule has 0 fully saturated rings. The molecular formula is C17H15Cl2N3OS. The third kappa shape index (κ3) is 3.80. The van der Waals surface area contributed by atoms with Crippen LogP contribution in [-0.2, 0) is 6.54 Å². The van der Waals surface area contributed by atoms with Crippen molar-refractivity contribution in [3.05, 3.63) is 74.7 Å². The molecule has 7 heteroatoms. The van der Waals surface area contributed by atoms with Crippen molar-refractivity contribution in [1.82, 2.24) is 14.8 Å². The Labute approximate surface area is 155 Å². The fourth-order valence-corrected chi connectivity index (χ4v) is 2.86. The van der Waals surface area contributed by atoms with Crippen molar-refractivity contribution in [1.29, 1.82) is 0 Å². The molecule has 1 aromatic heterocycles. The summed E-state index contributed by atoms with van der Waals surface area (Å²) < 4.78 is 8.41. The SMILES string of the molecule is C[C@@H](Oc1ccc(Cl)c(Cl)c1)c1n[nH]c(=S)n1Cc1ccccc1. The van der Waals surface area contributed by atoms with Gasteiger partial charge >= 0.3 is 0 Å². The quantitative estimate of drug-likeness (QED) is 0.600. The molecule has 0 bridgehead atoms. The lowest BCUT2D eigenvalue weighted by Gasteiger charge is -2.16. The second-order valence-corrected chi connectivity index (χ2v) is 6.50. The van der Waals surface area contributed by atoms with Crippen molar-refractivity contribution in [2.24, 2.45) is 0 Å². The lowest BCUT2D eigenvalue weighted by Crippen LogP contribution is -2.13. The van der Waals surface area contributed by atoms with Gasteiger partial charge in [-0.05, 0) is 36.8 Å². The van der Waals surface area contributed by atoms with Gasteiger partial charge in [-0.3, -0.25) is 9.67 Å². The number of benzene rings is 2. The van der Waals surface area contributed by atoms with Crippen LogP contribution in [0.4, 0.5) is 0 Å². The zero-order valence-electron chi connectivity index (χ0n) is 12.9. The predicted molar refractivity (Wildman–Crippen MR) is 98.5 cm³/mol. The highest BCUT2D eigenvalue weighted by Gasteiger charge is 2.16. The molecule has 1 N–H and O–H groups in total. The largest absolute Gasteiger partial charge is 0.483 e. The van der Waals surface area contributed by atoms with E-state index in [9.17, 15) is 0 Å². The van der Waals surface area contributed by atoms with E-state index in [-0.39, 0.29) is 6.10 Å². The van der Waals surface area contributed by atoms with Crippen LogP contribution in [0.15, 0.2) is 48.5 Å². The molecule has 0 radical (unpaired) electrons. The van der Waals surface area contributed by atoms with Gasteiger partial charge in [-0.1, -0.05) is 53.5 Å². The summed E-state index contributed by atoms with van der Waals surface area (Å²) in [6.07, 6.45) is -0.307. The zero-order chi connectivity index (χ0) is 17.1. The fraction of sp³-hybridized carbons (Fsp3) is 0.176. The van der Waals surface area contributed by atoms with E-state index in [1.807, 2.05) is 41.8 Å². The van der Waals surface area contributed by atoms with Crippen molar-refractivity contribution in [2.45, 2.75) is 19.6 Å². The Hall–Kier alpha value is -1.82. The summed E-state index contributed by atoms with van der Waals surface area (Å²) in [5, 5.41) is 8.08. The number of hydrogen-bond donors (Lipinski definition) is 1. The second-order valence-electron chi connectivity index (χ2n) is 5.29. The molecule has 0 saturated carbocycles. The van der Waals surface area contributed by atoms with Gasteiger partial charge in [-0.25, -0.2) is 0 Å². The third-order valence-electron chi connectivity index (χ3n) is 3.54. The molecule has 1 atom stereocenters. The molecule has 3 aromatic rings. The van der Waals surface area contributed by atoms with Crippen LogP contribution in [0.3, 0.4) is 0 Å². The Morgan fingerprint density at radius 1 is 1.17 bits per heavy atom. The summed E-state index contributed by atoms with van der Waals surface area (Å²) in [4.78, 5) is 0. The van der Waals surface area contributed by atoms with E-state index in [1.165, 1.54) is 0 Å². The third-order valence-corrected chi connectivity index (χ3v) is 4.59. The number of halogens is 2. The van der Waals surface area contributed by atoms with Crippen LogP contribution < -0.4 is 4.74 Å². The number of aromatic amines is 1. The minimum atomic E-state index is -0.307. The smallest absolute Gasteiger partial charge is 0.195 e. The minimum Gasteiger partial charge on any atom is -0.483 e. The van der Waals surface area contributed by atoms with E-state index in [1.54, 1.807) is 18.2 Å². The molecule has 0 aliphatic carbocycles. The molecule has 0 amide bonds. The average Bonchev–Trinajstić information content (AvgIpc) is 2.93. The Morgan fingerprint density at radius 2 is 1.92 bits per heavy atom. The Kier molecular flexibility index (Phi) is 5.23. The highest BCUT2D eigenvalue weighted by molar-refractivity contribution is 7.71. The molecular weight excluding hydrogens is 365 g/mol. The Bertz CT molecular complexity index is 892. The molecule has 24 heavy (non-hydrogen) atoms. The van der Waals surface area contributed by atoms with Crippen molar-refractivity contribution in [3.63, 3.8) is 0 Å². The Balaban J connectivity index is 1.83. The maximum absolute atomic E-state index is 6.03. The summed E-state index contributed by atoms with van der Waals surface area (Å²) >= 11 is 17.3. The van der Waals surface area contributed by atoms with E-state index >= 15 is 0 Å². The van der Waals surface area contributed by atoms with Crippen LogP contribution in [0.5, 0.6) is 5.75 Å². The van der Waals surface area contributed by atoms with Crippen molar-refractivity contribution < 1.29 is 4.74 Å². The molecule has 0 spiro atoms. The van der Waals surface area contributed by atoms with E-state index < -0.39 is 0 Å². The van der Waals surface area contributed by atoms with Gasteiger partial charge in [-0.2, -0.15) is 5.10 Å². The number of nitrogens with zero attached hydrogens (tertiary/aromatic N) is 2. The second kappa shape index (κ2) is 7.38. The minimum absolute atomic E-state index is 0.307. The number of aromatic nitrogens is 3. The molecule has 0 unspecified atom stereocenters. The summed E-state index contributed by atoms with van der Waals surface area (Å²) in [7, 11) is 0. The van der Waals surface area contributed by atoms with Crippen LogP contribution >= 0.6 is 35.4 Å². The number of rotatable bonds is 5. The topological polar surface area (TPSA) is 42.8 Å². The standard InChI is InChI=1S/C17H15Cl2N3OS/c1-11(23-13-7-8-14(18)15(19)9-13)16-20-21-17(24)22(16)10-12-5-3-2-4-6-12/h2-9,11H,10H2,1H3,(H,21,24)/t11-/m1/s1. The molecule has 0 saturated heterocycles. The van der Waals surface area contributed by atoms with Crippen LogP contribution in [0, 0.1) is 4.77 Å². The highest BCUT2D eigenvalue weighted by atomic mass is 35.5. The van der Waals surface area contributed by atoms with Crippen LogP contribution in [0.1, 0.15) is 24.4 Å². The summed E-state index contributed by atoms with van der Waals surface area (Å²) in [6.45, 7) is 2.54. The molecule has 4 nitrogen and oxygen atoms in total.